The summed E-state index contributed by atoms with van der Waals surface area (Å²) in [6.45, 7) is 2.46. The molecule has 1 aliphatic heterocycles. The van der Waals surface area contributed by atoms with Gasteiger partial charge in [0.2, 0.25) is 11.8 Å². The number of rotatable bonds is 5. The van der Waals surface area contributed by atoms with Crippen LogP contribution in [0.25, 0.3) is 0 Å². The topological polar surface area (TPSA) is 75.7 Å². The zero-order valence-corrected chi connectivity index (χ0v) is 9.49. The number of imide groups is 1. The predicted molar refractivity (Wildman–Crippen MR) is 55.4 cm³/mol. The Kier molecular flexibility index (Phi) is 4.42. The summed E-state index contributed by atoms with van der Waals surface area (Å²) in [5, 5.41) is 2.88. The summed E-state index contributed by atoms with van der Waals surface area (Å²) in [6.07, 6.45) is 0.470. The van der Waals surface area contributed by atoms with E-state index in [1.807, 2.05) is 6.92 Å². The van der Waals surface area contributed by atoms with E-state index in [1.54, 1.807) is 0 Å². The molecule has 0 aromatic carbocycles. The monoisotopic (exact) mass is 228 g/mol. The Morgan fingerprint density at radius 3 is 2.44 bits per heavy atom. The van der Waals surface area contributed by atoms with Gasteiger partial charge in [0, 0.05) is 12.8 Å². The molecule has 90 valence electrons. The molecular weight excluding hydrogens is 212 g/mol. The minimum Gasteiger partial charge on any atom is -0.468 e. The van der Waals surface area contributed by atoms with Gasteiger partial charge in [-0.3, -0.25) is 19.3 Å². The number of methoxy groups -OCH3 is 1. The van der Waals surface area contributed by atoms with Gasteiger partial charge >= 0.3 is 5.97 Å². The molecule has 0 saturated carbocycles. The number of ether oxygens (including phenoxy) is 1. The van der Waals surface area contributed by atoms with Crippen molar-refractivity contribution in [2.45, 2.75) is 25.8 Å². The maximum atomic E-state index is 11.4. The number of nitrogens with zero attached hydrogens (tertiary/aromatic N) is 1. The molecule has 1 atom stereocenters. The summed E-state index contributed by atoms with van der Waals surface area (Å²) in [7, 11) is 1.28. The zero-order valence-electron chi connectivity index (χ0n) is 9.49. The Bertz CT molecular complexity index is 287. The molecular formula is C10H16N2O4. The van der Waals surface area contributed by atoms with Gasteiger partial charge in [-0.2, -0.15) is 0 Å². The van der Waals surface area contributed by atoms with E-state index < -0.39 is 12.0 Å². The first-order valence-corrected chi connectivity index (χ1v) is 5.24. The summed E-state index contributed by atoms with van der Waals surface area (Å²) in [5.74, 6) is -0.914. The lowest BCUT2D eigenvalue weighted by atomic mass is 10.2. The van der Waals surface area contributed by atoms with Crippen molar-refractivity contribution in [3.05, 3.63) is 0 Å². The van der Waals surface area contributed by atoms with Crippen molar-refractivity contribution in [1.29, 1.82) is 0 Å². The first-order valence-electron chi connectivity index (χ1n) is 5.24. The minimum absolute atomic E-state index is 0.0537. The predicted octanol–water partition coefficient (Wildman–Crippen LogP) is -0.713. The molecule has 1 aliphatic rings. The summed E-state index contributed by atoms with van der Waals surface area (Å²) in [6, 6.07) is -0.638. The van der Waals surface area contributed by atoms with E-state index in [2.05, 4.69) is 10.1 Å². The van der Waals surface area contributed by atoms with Crippen LogP contribution >= 0.6 is 0 Å². The number of carbonyl (C=O) groups is 3. The lowest BCUT2D eigenvalue weighted by Crippen LogP contribution is -2.48. The van der Waals surface area contributed by atoms with Crippen LogP contribution in [0.2, 0.25) is 0 Å². The molecule has 1 unspecified atom stereocenters. The third-order valence-corrected chi connectivity index (χ3v) is 2.46. The Hall–Kier alpha value is -1.43. The standard InChI is InChI=1S/C10H16N2O4/c1-3-11-7(10(15)16-2)6-12-8(13)4-5-9(12)14/h7,11H,3-6H2,1-2H3. The molecule has 0 aromatic rings. The second-order valence-electron chi connectivity index (χ2n) is 3.53. The zero-order chi connectivity index (χ0) is 12.1. The third-order valence-electron chi connectivity index (χ3n) is 2.46. The molecule has 0 bridgehead atoms. The van der Waals surface area contributed by atoms with Gasteiger partial charge in [-0.25, -0.2) is 0 Å². The number of hydrogen-bond acceptors (Lipinski definition) is 5. The minimum atomic E-state index is -0.638. The largest absolute Gasteiger partial charge is 0.468 e. The maximum absolute atomic E-state index is 11.4. The van der Waals surface area contributed by atoms with Crippen molar-refractivity contribution >= 4 is 17.8 Å². The van der Waals surface area contributed by atoms with Crippen LogP contribution < -0.4 is 5.32 Å². The molecule has 1 heterocycles. The number of nitrogens with one attached hydrogen (secondary N) is 1. The highest BCUT2D eigenvalue weighted by Crippen LogP contribution is 2.12. The summed E-state index contributed by atoms with van der Waals surface area (Å²) < 4.78 is 4.59. The number of esters is 1. The quantitative estimate of drug-likeness (QED) is 0.497. The van der Waals surface area contributed by atoms with Gasteiger partial charge in [-0.05, 0) is 6.54 Å². The molecule has 16 heavy (non-hydrogen) atoms. The average Bonchev–Trinajstić information content (AvgIpc) is 2.58. The van der Waals surface area contributed by atoms with Crippen molar-refractivity contribution in [2.24, 2.45) is 0 Å². The van der Waals surface area contributed by atoms with Gasteiger partial charge in [0.05, 0.1) is 13.7 Å². The van der Waals surface area contributed by atoms with Crippen LogP contribution in [-0.4, -0.2) is 48.9 Å². The summed E-state index contributed by atoms with van der Waals surface area (Å²) in [5.41, 5.74) is 0. The smallest absolute Gasteiger partial charge is 0.324 e. The van der Waals surface area contributed by atoms with Gasteiger partial charge < -0.3 is 10.1 Å². The Labute approximate surface area is 93.9 Å². The first-order chi connectivity index (χ1) is 7.60. The van der Waals surface area contributed by atoms with Crippen LogP contribution in [0.5, 0.6) is 0 Å². The number of hydrogen-bond donors (Lipinski definition) is 1. The Morgan fingerprint density at radius 1 is 1.44 bits per heavy atom. The second kappa shape index (κ2) is 5.60. The fraction of sp³-hybridized carbons (Fsp3) is 0.700. The lowest BCUT2D eigenvalue weighted by molar-refractivity contribution is -0.145. The highest BCUT2D eigenvalue weighted by molar-refractivity contribution is 6.02. The summed E-state index contributed by atoms with van der Waals surface area (Å²) in [4.78, 5) is 35.2. The molecule has 0 spiro atoms. The fourth-order valence-electron chi connectivity index (χ4n) is 1.62. The first kappa shape index (κ1) is 12.6. The van der Waals surface area contributed by atoms with Crippen molar-refractivity contribution in [1.82, 2.24) is 10.2 Å². The molecule has 6 nitrogen and oxygen atoms in total. The van der Waals surface area contributed by atoms with E-state index >= 15 is 0 Å². The Balaban J connectivity index is 2.63. The fourth-order valence-corrected chi connectivity index (χ4v) is 1.62. The maximum Gasteiger partial charge on any atom is 0.324 e. The molecule has 1 saturated heterocycles. The van der Waals surface area contributed by atoms with Gasteiger partial charge in [0.25, 0.3) is 0 Å². The van der Waals surface area contributed by atoms with Crippen LogP contribution in [0, 0.1) is 0 Å². The van der Waals surface area contributed by atoms with E-state index in [4.69, 9.17) is 0 Å². The van der Waals surface area contributed by atoms with Gasteiger partial charge in [-0.15, -0.1) is 0 Å². The van der Waals surface area contributed by atoms with Crippen molar-refractivity contribution in [2.75, 3.05) is 20.2 Å². The van der Waals surface area contributed by atoms with Crippen LogP contribution in [0.3, 0.4) is 0 Å². The van der Waals surface area contributed by atoms with Gasteiger partial charge in [0.1, 0.15) is 6.04 Å². The number of amides is 2. The highest BCUT2D eigenvalue weighted by atomic mass is 16.5. The third kappa shape index (κ3) is 2.79. The summed E-state index contributed by atoms with van der Waals surface area (Å²) >= 11 is 0. The lowest BCUT2D eigenvalue weighted by Gasteiger charge is -2.21. The van der Waals surface area contributed by atoms with Crippen molar-refractivity contribution in [3.63, 3.8) is 0 Å². The van der Waals surface area contributed by atoms with E-state index in [1.165, 1.54) is 7.11 Å². The highest BCUT2D eigenvalue weighted by Gasteiger charge is 2.33. The van der Waals surface area contributed by atoms with E-state index in [0.717, 1.165) is 4.90 Å². The number of carbonyl (C=O) groups excluding carboxylic acids is 3. The molecule has 0 aliphatic carbocycles. The van der Waals surface area contributed by atoms with Crippen molar-refractivity contribution in [3.8, 4) is 0 Å². The van der Waals surface area contributed by atoms with Crippen LogP contribution in [-0.2, 0) is 19.1 Å². The second-order valence-corrected chi connectivity index (χ2v) is 3.53. The molecule has 2 amide bonds. The number of likely N-dealkylation sites (N-methyl/N-ethyl adjacent to an activating group) is 1. The molecule has 6 heteroatoms. The van der Waals surface area contributed by atoms with E-state index in [-0.39, 0.29) is 31.2 Å². The van der Waals surface area contributed by atoms with E-state index in [0.29, 0.717) is 6.54 Å². The normalized spacial score (nSPS) is 17.8. The molecule has 0 radical (unpaired) electrons. The van der Waals surface area contributed by atoms with E-state index in [9.17, 15) is 14.4 Å². The average molecular weight is 228 g/mol. The SMILES string of the molecule is CCNC(CN1C(=O)CCC1=O)C(=O)OC. The van der Waals surface area contributed by atoms with Gasteiger partial charge in [-0.1, -0.05) is 6.92 Å². The molecule has 1 rings (SSSR count). The van der Waals surface area contributed by atoms with Crippen LogP contribution in [0.1, 0.15) is 19.8 Å². The van der Waals surface area contributed by atoms with Crippen molar-refractivity contribution < 1.29 is 19.1 Å². The van der Waals surface area contributed by atoms with Crippen LogP contribution in [0.15, 0.2) is 0 Å². The van der Waals surface area contributed by atoms with Gasteiger partial charge in [0.15, 0.2) is 0 Å². The number of likely N-dealkylation sites (tertiary alicyclic amines) is 1. The molecule has 1 fully saturated rings. The van der Waals surface area contributed by atoms with Crippen LogP contribution in [0.4, 0.5) is 0 Å². The Morgan fingerprint density at radius 2 is 2.00 bits per heavy atom. The molecule has 1 N–H and O–H groups in total. The molecule has 0 aromatic heterocycles.